The van der Waals surface area contributed by atoms with E-state index in [1.54, 1.807) is 18.2 Å². The summed E-state index contributed by atoms with van der Waals surface area (Å²) in [7, 11) is 0. The number of carbonyl (C=O) groups excluding carboxylic acids is 1. The third-order valence-corrected chi connectivity index (χ3v) is 4.39. The van der Waals surface area contributed by atoms with E-state index in [-0.39, 0.29) is 11.8 Å². The SMILES string of the molecule is O=C(Nc1cc(Cl)ccc1Cl)C1CCSCC1. The maximum Gasteiger partial charge on any atom is 0.227 e. The molecule has 1 aliphatic rings. The summed E-state index contributed by atoms with van der Waals surface area (Å²) in [5.74, 6) is 2.27. The Labute approximate surface area is 115 Å². The van der Waals surface area contributed by atoms with Gasteiger partial charge in [0.2, 0.25) is 5.91 Å². The first-order valence-corrected chi connectivity index (χ1v) is 7.41. The molecule has 1 N–H and O–H groups in total. The molecule has 2 nitrogen and oxygen atoms in total. The number of nitrogens with one attached hydrogen (secondary N) is 1. The lowest BCUT2D eigenvalue weighted by molar-refractivity contribution is -0.120. The van der Waals surface area contributed by atoms with E-state index in [0.717, 1.165) is 24.3 Å². The van der Waals surface area contributed by atoms with E-state index >= 15 is 0 Å². The number of amides is 1. The van der Waals surface area contributed by atoms with Crippen molar-refractivity contribution >= 4 is 46.6 Å². The third kappa shape index (κ3) is 3.54. The van der Waals surface area contributed by atoms with E-state index in [1.165, 1.54) is 0 Å². The number of thioether (sulfide) groups is 1. The number of halogens is 2. The molecular formula is C12H13Cl2NOS. The van der Waals surface area contributed by atoms with Crippen molar-refractivity contribution < 1.29 is 4.79 Å². The van der Waals surface area contributed by atoms with Gasteiger partial charge in [-0.3, -0.25) is 4.79 Å². The highest BCUT2D eigenvalue weighted by Gasteiger charge is 2.21. The van der Waals surface area contributed by atoms with Crippen LogP contribution in [0.4, 0.5) is 5.69 Å². The van der Waals surface area contributed by atoms with Crippen LogP contribution in [0.5, 0.6) is 0 Å². The van der Waals surface area contributed by atoms with E-state index in [1.807, 2.05) is 11.8 Å². The third-order valence-electron chi connectivity index (χ3n) is 2.78. The molecule has 1 aromatic carbocycles. The van der Waals surface area contributed by atoms with Crippen LogP contribution in [0.3, 0.4) is 0 Å². The molecule has 1 saturated heterocycles. The first kappa shape index (κ1) is 13.1. The quantitative estimate of drug-likeness (QED) is 0.889. The summed E-state index contributed by atoms with van der Waals surface area (Å²) < 4.78 is 0. The van der Waals surface area contributed by atoms with E-state index < -0.39 is 0 Å². The molecule has 2 rings (SSSR count). The van der Waals surface area contributed by atoms with Gasteiger partial charge in [-0.2, -0.15) is 11.8 Å². The average molecular weight is 290 g/mol. The van der Waals surface area contributed by atoms with Crippen molar-refractivity contribution in [3.8, 4) is 0 Å². The van der Waals surface area contributed by atoms with Gasteiger partial charge in [0.25, 0.3) is 0 Å². The Hall–Kier alpha value is -0.380. The molecule has 1 aromatic rings. The van der Waals surface area contributed by atoms with Crippen LogP contribution in [0.25, 0.3) is 0 Å². The predicted molar refractivity (Wildman–Crippen MR) is 75.1 cm³/mol. The van der Waals surface area contributed by atoms with Crippen molar-refractivity contribution in [1.82, 2.24) is 0 Å². The van der Waals surface area contributed by atoms with Crippen molar-refractivity contribution in [1.29, 1.82) is 0 Å². The van der Waals surface area contributed by atoms with Gasteiger partial charge in [0.1, 0.15) is 0 Å². The lowest BCUT2D eigenvalue weighted by atomic mass is 10.0. The number of rotatable bonds is 2. The lowest BCUT2D eigenvalue weighted by Gasteiger charge is -2.20. The fourth-order valence-electron chi connectivity index (χ4n) is 1.79. The number of hydrogen-bond donors (Lipinski definition) is 1. The Balaban J connectivity index is 2.04. The molecular weight excluding hydrogens is 277 g/mol. The largest absolute Gasteiger partial charge is 0.324 e. The first-order valence-electron chi connectivity index (χ1n) is 5.50. The lowest BCUT2D eigenvalue weighted by Crippen LogP contribution is -2.26. The Morgan fingerprint density at radius 2 is 2.00 bits per heavy atom. The zero-order valence-electron chi connectivity index (χ0n) is 9.21. The van der Waals surface area contributed by atoms with E-state index in [0.29, 0.717) is 15.7 Å². The molecule has 0 atom stereocenters. The summed E-state index contributed by atoms with van der Waals surface area (Å²) in [5.41, 5.74) is 0.599. The van der Waals surface area contributed by atoms with Crippen LogP contribution in [0.15, 0.2) is 18.2 Å². The molecule has 0 saturated carbocycles. The molecule has 92 valence electrons. The summed E-state index contributed by atoms with van der Waals surface area (Å²) in [5, 5.41) is 3.95. The molecule has 5 heteroatoms. The highest BCUT2D eigenvalue weighted by Crippen LogP contribution is 2.28. The molecule has 0 radical (unpaired) electrons. The van der Waals surface area contributed by atoms with Gasteiger partial charge in [-0.15, -0.1) is 0 Å². The van der Waals surface area contributed by atoms with E-state index in [9.17, 15) is 4.79 Å². The predicted octanol–water partition coefficient (Wildman–Crippen LogP) is 4.08. The molecule has 0 bridgehead atoms. The average Bonchev–Trinajstić information content (AvgIpc) is 2.35. The number of carbonyl (C=O) groups is 1. The summed E-state index contributed by atoms with van der Waals surface area (Å²) in [6, 6.07) is 5.08. The van der Waals surface area contributed by atoms with Crippen LogP contribution in [0.1, 0.15) is 12.8 Å². The van der Waals surface area contributed by atoms with Crippen molar-refractivity contribution in [3.63, 3.8) is 0 Å². The highest BCUT2D eigenvalue weighted by atomic mass is 35.5. The van der Waals surface area contributed by atoms with Crippen molar-refractivity contribution in [2.45, 2.75) is 12.8 Å². The van der Waals surface area contributed by atoms with Crippen LogP contribution in [0, 0.1) is 5.92 Å². The summed E-state index contributed by atoms with van der Waals surface area (Å²) in [6.07, 6.45) is 1.88. The molecule has 1 aliphatic heterocycles. The zero-order valence-corrected chi connectivity index (χ0v) is 11.5. The van der Waals surface area contributed by atoms with Gasteiger partial charge in [-0.05, 0) is 42.5 Å². The Kier molecular flexibility index (Phi) is 4.60. The second kappa shape index (κ2) is 5.98. The Bertz CT molecular complexity index is 419. The molecule has 1 fully saturated rings. The molecule has 0 aromatic heterocycles. The Morgan fingerprint density at radius 3 is 2.71 bits per heavy atom. The van der Waals surface area contributed by atoms with Crippen molar-refractivity contribution in [2.75, 3.05) is 16.8 Å². The zero-order chi connectivity index (χ0) is 12.3. The molecule has 0 spiro atoms. The van der Waals surface area contributed by atoms with Gasteiger partial charge in [0.15, 0.2) is 0 Å². The minimum Gasteiger partial charge on any atom is -0.324 e. The number of benzene rings is 1. The summed E-state index contributed by atoms with van der Waals surface area (Å²) in [6.45, 7) is 0. The van der Waals surface area contributed by atoms with Gasteiger partial charge in [0, 0.05) is 10.9 Å². The molecule has 0 aliphatic carbocycles. The van der Waals surface area contributed by atoms with Crippen LogP contribution in [-0.2, 0) is 4.79 Å². The molecule has 0 unspecified atom stereocenters. The van der Waals surface area contributed by atoms with Gasteiger partial charge in [0.05, 0.1) is 10.7 Å². The van der Waals surface area contributed by atoms with Crippen LogP contribution in [0.2, 0.25) is 10.0 Å². The van der Waals surface area contributed by atoms with Gasteiger partial charge in [-0.25, -0.2) is 0 Å². The maximum absolute atomic E-state index is 12.0. The van der Waals surface area contributed by atoms with Crippen molar-refractivity contribution in [2.24, 2.45) is 5.92 Å². The van der Waals surface area contributed by atoms with Crippen molar-refractivity contribution in [3.05, 3.63) is 28.2 Å². The van der Waals surface area contributed by atoms with Crippen LogP contribution < -0.4 is 5.32 Å². The maximum atomic E-state index is 12.0. The smallest absolute Gasteiger partial charge is 0.227 e. The topological polar surface area (TPSA) is 29.1 Å². The van der Waals surface area contributed by atoms with E-state index in [2.05, 4.69) is 5.32 Å². The van der Waals surface area contributed by atoms with Crippen LogP contribution >= 0.6 is 35.0 Å². The second-order valence-corrected chi connectivity index (χ2v) is 6.07. The number of anilines is 1. The Morgan fingerprint density at radius 1 is 1.29 bits per heavy atom. The molecule has 1 amide bonds. The minimum atomic E-state index is 0.0504. The van der Waals surface area contributed by atoms with Gasteiger partial charge >= 0.3 is 0 Å². The fraction of sp³-hybridized carbons (Fsp3) is 0.417. The van der Waals surface area contributed by atoms with Gasteiger partial charge in [-0.1, -0.05) is 23.2 Å². The monoisotopic (exact) mass is 289 g/mol. The normalized spacial score (nSPS) is 16.8. The second-order valence-electron chi connectivity index (χ2n) is 4.00. The van der Waals surface area contributed by atoms with Gasteiger partial charge < -0.3 is 5.32 Å². The molecule has 17 heavy (non-hydrogen) atoms. The minimum absolute atomic E-state index is 0.0504. The standard InChI is InChI=1S/C12H13Cl2NOS/c13-9-1-2-10(14)11(7-9)15-12(16)8-3-5-17-6-4-8/h1-2,7-8H,3-6H2,(H,15,16). The first-order chi connectivity index (χ1) is 8.16. The number of hydrogen-bond acceptors (Lipinski definition) is 2. The fourth-order valence-corrected chi connectivity index (χ4v) is 3.23. The summed E-state index contributed by atoms with van der Waals surface area (Å²) in [4.78, 5) is 12.0. The van der Waals surface area contributed by atoms with Crippen LogP contribution in [-0.4, -0.2) is 17.4 Å². The summed E-state index contributed by atoms with van der Waals surface area (Å²) >= 11 is 13.8. The highest BCUT2D eigenvalue weighted by molar-refractivity contribution is 7.99. The molecule has 1 heterocycles. The van der Waals surface area contributed by atoms with E-state index in [4.69, 9.17) is 23.2 Å².